The van der Waals surface area contributed by atoms with Gasteiger partial charge >= 0.3 is 8.80 Å². The summed E-state index contributed by atoms with van der Waals surface area (Å²) in [5, 5.41) is 0. The molecule has 0 saturated heterocycles. The summed E-state index contributed by atoms with van der Waals surface area (Å²) < 4.78 is 15.5. The maximum atomic E-state index is 5.36. The summed E-state index contributed by atoms with van der Waals surface area (Å²) in [5.74, 6) is 0. The Hall–Kier alpha value is -0.203. The molecule has 0 heterocycles. The van der Waals surface area contributed by atoms with Crippen LogP contribution in [0.1, 0.15) is 6.42 Å². The third-order valence-corrected chi connectivity index (χ3v) is 4.45. The fraction of sp³-hybridized carbons (Fsp3) is 0.750. The number of nitrogens with two attached hydrogens (primary N) is 1. The first-order chi connectivity index (χ1) is 6.24. The van der Waals surface area contributed by atoms with Gasteiger partial charge in [0, 0.05) is 27.4 Å². The van der Waals surface area contributed by atoms with E-state index in [2.05, 4.69) is 13.2 Å². The third-order valence-electron chi connectivity index (χ3n) is 1.62. The van der Waals surface area contributed by atoms with Crippen molar-refractivity contribution in [3.8, 4) is 0 Å². The van der Waals surface area contributed by atoms with Crippen molar-refractivity contribution < 1.29 is 13.3 Å². The Bertz CT molecular complexity index is 101. The van der Waals surface area contributed by atoms with Crippen molar-refractivity contribution in [1.82, 2.24) is 0 Å². The second-order valence-corrected chi connectivity index (χ2v) is 5.28. The molecule has 0 amide bonds. The lowest BCUT2D eigenvalue weighted by atomic mass is 10.5. The van der Waals surface area contributed by atoms with Gasteiger partial charge in [-0.1, -0.05) is 0 Å². The zero-order valence-corrected chi connectivity index (χ0v) is 9.84. The van der Waals surface area contributed by atoms with Crippen LogP contribution in [0.15, 0.2) is 13.2 Å². The van der Waals surface area contributed by atoms with E-state index in [0.717, 1.165) is 12.5 Å². The molecule has 0 bridgehead atoms. The van der Waals surface area contributed by atoms with Gasteiger partial charge in [-0.3, -0.25) is 0 Å². The van der Waals surface area contributed by atoms with Crippen molar-refractivity contribution in [2.45, 2.75) is 12.5 Å². The molecule has 13 heavy (non-hydrogen) atoms. The Kier molecular flexibility index (Phi) is 11.6. The number of rotatable bonds is 6. The van der Waals surface area contributed by atoms with Gasteiger partial charge < -0.3 is 19.0 Å². The van der Waals surface area contributed by atoms with E-state index in [1.165, 1.54) is 0 Å². The van der Waals surface area contributed by atoms with E-state index in [-0.39, 0.29) is 0 Å². The molecule has 0 aliphatic rings. The Labute approximate surface area is 82.0 Å². The van der Waals surface area contributed by atoms with Crippen LogP contribution in [0.2, 0.25) is 6.04 Å². The van der Waals surface area contributed by atoms with Crippen molar-refractivity contribution >= 4 is 8.80 Å². The largest absolute Gasteiger partial charge is 0.500 e. The Balaban J connectivity index is 0. The summed E-state index contributed by atoms with van der Waals surface area (Å²) in [5.41, 5.74) is 5.36. The fourth-order valence-corrected chi connectivity index (χ4v) is 2.62. The molecule has 0 radical (unpaired) electrons. The molecule has 2 N–H and O–H groups in total. The van der Waals surface area contributed by atoms with Crippen molar-refractivity contribution in [3.05, 3.63) is 13.2 Å². The summed E-state index contributed by atoms with van der Waals surface area (Å²) in [6, 6.07) is 0.785. The normalized spacial score (nSPS) is 10.5. The smallest absolute Gasteiger partial charge is 0.377 e. The van der Waals surface area contributed by atoms with Gasteiger partial charge in [0.2, 0.25) is 0 Å². The van der Waals surface area contributed by atoms with Crippen molar-refractivity contribution in [3.63, 3.8) is 0 Å². The summed E-state index contributed by atoms with van der Waals surface area (Å²) >= 11 is 0. The van der Waals surface area contributed by atoms with Gasteiger partial charge in [-0.25, -0.2) is 0 Å². The molecule has 0 atom stereocenters. The van der Waals surface area contributed by atoms with E-state index in [1.54, 1.807) is 21.3 Å². The summed E-state index contributed by atoms with van der Waals surface area (Å²) in [6.07, 6.45) is 0.877. The minimum Gasteiger partial charge on any atom is -0.377 e. The van der Waals surface area contributed by atoms with E-state index in [4.69, 9.17) is 19.0 Å². The van der Waals surface area contributed by atoms with Gasteiger partial charge in [0.1, 0.15) is 0 Å². The third kappa shape index (κ3) is 5.95. The maximum Gasteiger partial charge on any atom is 0.500 e. The van der Waals surface area contributed by atoms with Gasteiger partial charge in [0.15, 0.2) is 0 Å². The molecule has 0 spiro atoms. The molecule has 4 nitrogen and oxygen atoms in total. The van der Waals surface area contributed by atoms with Crippen LogP contribution in [0.3, 0.4) is 0 Å². The monoisotopic (exact) mass is 207 g/mol. The molecule has 80 valence electrons. The highest BCUT2D eigenvalue weighted by Gasteiger charge is 2.36. The van der Waals surface area contributed by atoms with Crippen LogP contribution >= 0.6 is 0 Å². The molecule has 0 rings (SSSR count). The Morgan fingerprint density at radius 1 is 1.08 bits per heavy atom. The molecule has 0 saturated carbocycles. The highest BCUT2D eigenvalue weighted by atomic mass is 28.4. The van der Waals surface area contributed by atoms with E-state index in [1.807, 2.05) is 0 Å². The molecular weight excluding hydrogens is 186 g/mol. The lowest BCUT2D eigenvalue weighted by molar-refractivity contribution is 0.123. The van der Waals surface area contributed by atoms with Gasteiger partial charge in [-0.15, -0.1) is 13.2 Å². The second-order valence-electron chi connectivity index (χ2n) is 2.19. The average molecular weight is 207 g/mol. The van der Waals surface area contributed by atoms with Gasteiger partial charge in [0.25, 0.3) is 0 Å². The predicted molar refractivity (Wildman–Crippen MR) is 56.5 cm³/mol. The van der Waals surface area contributed by atoms with Crippen LogP contribution in [0, 0.1) is 0 Å². The number of hydrogen-bond acceptors (Lipinski definition) is 4. The lowest BCUT2D eigenvalue weighted by Gasteiger charge is -2.23. The minimum absolute atomic E-state index is 0.644. The first kappa shape index (κ1) is 15.3. The van der Waals surface area contributed by atoms with Crippen molar-refractivity contribution in [2.24, 2.45) is 5.73 Å². The highest BCUT2D eigenvalue weighted by molar-refractivity contribution is 6.60. The van der Waals surface area contributed by atoms with E-state index >= 15 is 0 Å². The van der Waals surface area contributed by atoms with Gasteiger partial charge in [0.05, 0.1) is 0 Å². The Morgan fingerprint density at radius 2 is 1.46 bits per heavy atom. The zero-order chi connectivity index (χ0) is 10.7. The molecule has 0 aromatic carbocycles. The minimum atomic E-state index is -2.32. The van der Waals surface area contributed by atoms with Crippen LogP contribution in [0.25, 0.3) is 0 Å². The molecule has 0 aromatic heterocycles. The fourth-order valence-electron chi connectivity index (χ4n) is 0.875. The van der Waals surface area contributed by atoms with E-state index in [0.29, 0.717) is 6.54 Å². The maximum absolute atomic E-state index is 5.36. The molecule has 0 aromatic rings. The van der Waals surface area contributed by atoms with Crippen LogP contribution in [-0.4, -0.2) is 36.7 Å². The molecule has 0 unspecified atom stereocenters. The SMILES string of the molecule is C=C.CO[Si](CCCN)(OC)OC. The first-order valence-corrected chi connectivity index (χ1v) is 6.03. The molecular formula is C8H21NO3Si. The summed E-state index contributed by atoms with van der Waals surface area (Å²) in [7, 11) is 2.50. The van der Waals surface area contributed by atoms with Crippen LogP contribution in [-0.2, 0) is 13.3 Å². The molecule has 0 fully saturated rings. The second kappa shape index (κ2) is 9.88. The first-order valence-electron chi connectivity index (χ1n) is 4.10. The molecule has 0 aliphatic carbocycles. The van der Waals surface area contributed by atoms with Crippen LogP contribution in [0.5, 0.6) is 0 Å². The van der Waals surface area contributed by atoms with Crippen LogP contribution in [0.4, 0.5) is 0 Å². The predicted octanol–water partition coefficient (Wildman–Crippen LogP) is 1.02. The standard InChI is InChI=1S/C6H17NO3Si.C2H4/c1-8-11(9-2,10-3)6-4-5-7;1-2/h4-7H2,1-3H3;1-2H2. The van der Waals surface area contributed by atoms with Crippen LogP contribution < -0.4 is 5.73 Å². The van der Waals surface area contributed by atoms with Gasteiger partial charge in [-0.2, -0.15) is 0 Å². The molecule has 0 aliphatic heterocycles. The summed E-state index contributed by atoms with van der Waals surface area (Å²) in [4.78, 5) is 0. The van der Waals surface area contributed by atoms with Gasteiger partial charge in [-0.05, 0) is 13.0 Å². The average Bonchev–Trinajstić information content (AvgIpc) is 2.24. The van der Waals surface area contributed by atoms with E-state index in [9.17, 15) is 0 Å². The van der Waals surface area contributed by atoms with Crippen molar-refractivity contribution in [2.75, 3.05) is 27.9 Å². The van der Waals surface area contributed by atoms with Crippen molar-refractivity contribution in [1.29, 1.82) is 0 Å². The molecule has 5 heteroatoms. The summed E-state index contributed by atoms with van der Waals surface area (Å²) in [6.45, 7) is 6.64. The van der Waals surface area contributed by atoms with E-state index < -0.39 is 8.80 Å². The highest BCUT2D eigenvalue weighted by Crippen LogP contribution is 2.13. The quantitative estimate of drug-likeness (QED) is 0.522. The lowest BCUT2D eigenvalue weighted by Crippen LogP contribution is -2.42. The zero-order valence-electron chi connectivity index (χ0n) is 8.84. The number of hydrogen-bond donors (Lipinski definition) is 1. The topological polar surface area (TPSA) is 53.7 Å². The Morgan fingerprint density at radius 3 is 1.69 bits per heavy atom.